The van der Waals surface area contributed by atoms with E-state index in [4.69, 9.17) is 21.3 Å². The average molecular weight is 564 g/mol. The Balaban J connectivity index is 1.96. The lowest BCUT2D eigenvalue weighted by atomic mass is 10.0. The first-order valence-electron chi connectivity index (χ1n) is 12.9. The Bertz CT molecular complexity index is 1240. The number of rotatable bonds is 13. The van der Waals surface area contributed by atoms with Gasteiger partial charge >= 0.3 is 6.09 Å². The lowest BCUT2D eigenvalue weighted by molar-refractivity contribution is -0.110. The summed E-state index contributed by atoms with van der Waals surface area (Å²) in [6.07, 6.45) is 0.751. The van der Waals surface area contributed by atoms with Crippen molar-refractivity contribution in [2.24, 2.45) is 0 Å². The van der Waals surface area contributed by atoms with Gasteiger partial charge in [0.25, 0.3) is 11.8 Å². The summed E-state index contributed by atoms with van der Waals surface area (Å²) in [6, 6.07) is 3.98. The fraction of sp³-hybridized carbons (Fsp3) is 0.444. The molecule has 39 heavy (non-hydrogen) atoms. The van der Waals surface area contributed by atoms with Gasteiger partial charge in [-0.2, -0.15) is 0 Å². The van der Waals surface area contributed by atoms with E-state index in [9.17, 15) is 18.8 Å². The minimum absolute atomic E-state index is 0.0340. The van der Waals surface area contributed by atoms with E-state index >= 15 is 0 Å². The van der Waals surface area contributed by atoms with Crippen LogP contribution in [0.5, 0.6) is 0 Å². The quantitative estimate of drug-likeness (QED) is 0.194. The highest BCUT2D eigenvalue weighted by molar-refractivity contribution is 6.35. The maximum Gasteiger partial charge on any atom is 0.418 e. The predicted octanol–water partition coefficient (Wildman–Crippen LogP) is 3.55. The molecular formula is C27H35ClFN5O5. The largest absolute Gasteiger partial charge is 0.446 e. The standard InChI is InChI=1S/C27H35ClFN5O5/c1-5-33(6-2)11-9-30-26(36)24-17(3)23(16-21-20-15-19(29)7-8-22(20)32-25(21)35)34(18(24)4)27(37)39-14-13-38-12-10-31-28/h7-8,15-16,31H,5-6,9-14H2,1-4H3,(H,30,36)(H,32,35)/b21-16-. The molecule has 0 saturated heterocycles. The van der Waals surface area contributed by atoms with E-state index in [1.165, 1.54) is 28.8 Å². The van der Waals surface area contributed by atoms with E-state index < -0.39 is 17.8 Å². The molecule has 0 unspecified atom stereocenters. The molecule has 10 nitrogen and oxygen atoms in total. The van der Waals surface area contributed by atoms with Crippen LogP contribution in [0.15, 0.2) is 18.2 Å². The van der Waals surface area contributed by atoms with Gasteiger partial charge in [-0.25, -0.2) is 18.6 Å². The van der Waals surface area contributed by atoms with Crippen LogP contribution in [0.2, 0.25) is 0 Å². The van der Waals surface area contributed by atoms with Gasteiger partial charge in [0.15, 0.2) is 0 Å². The van der Waals surface area contributed by atoms with Crippen LogP contribution >= 0.6 is 11.8 Å². The number of halogens is 2. The summed E-state index contributed by atoms with van der Waals surface area (Å²) in [4.78, 5) is 43.9. The number of ether oxygens (including phenoxy) is 2. The van der Waals surface area contributed by atoms with Crippen LogP contribution in [0.3, 0.4) is 0 Å². The number of carbonyl (C=O) groups is 3. The molecule has 1 aliphatic rings. The lowest BCUT2D eigenvalue weighted by Crippen LogP contribution is -2.35. The third kappa shape index (κ3) is 7.24. The van der Waals surface area contributed by atoms with Crippen molar-refractivity contribution in [1.82, 2.24) is 19.6 Å². The number of nitrogens with zero attached hydrogens (tertiary/aromatic N) is 2. The number of nitrogens with one attached hydrogen (secondary N) is 3. The maximum absolute atomic E-state index is 14.0. The van der Waals surface area contributed by atoms with Crippen LogP contribution in [0.1, 0.15) is 46.7 Å². The molecule has 0 radical (unpaired) electrons. The van der Waals surface area contributed by atoms with Gasteiger partial charge in [-0.3, -0.25) is 9.59 Å². The zero-order valence-electron chi connectivity index (χ0n) is 22.7. The number of anilines is 1. The van der Waals surface area contributed by atoms with Crippen LogP contribution < -0.4 is 15.5 Å². The van der Waals surface area contributed by atoms with Crippen molar-refractivity contribution in [3.63, 3.8) is 0 Å². The second-order valence-corrected chi connectivity index (χ2v) is 9.17. The van der Waals surface area contributed by atoms with Crippen molar-refractivity contribution in [3.8, 4) is 0 Å². The first-order chi connectivity index (χ1) is 18.7. The number of fused-ring (bicyclic) bond motifs is 1. The van der Waals surface area contributed by atoms with Gasteiger partial charge in [-0.05, 0) is 68.6 Å². The Morgan fingerprint density at radius 2 is 1.90 bits per heavy atom. The zero-order valence-corrected chi connectivity index (χ0v) is 23.4. The molecule has 3 N–H and O–H groups in total. The molecule has 2 amide bonds. The van der Waals surface area contributed by atoms with Crippen LogP contribution in [0.25, 0.3) is 11.6 Å². The fourth-order valence-corrected chi connectivity index (χ4v) is 4.54. The molecule has 2 aromatic rings. The first-order valence-corrected chi connectivity index (χ1v) is 13.2. The van der Waals surface area contributed by atoms with Gasteiger partial charge in [-0.15, -0.1) is 0 Å². The summed E-state index contributed by atoms with van der Waals surface area (Å²) >= 11 is 5.40. The number of amides is 2. The van der Waals surface area contributed by atoms with Crippen molar-refractivity contribution < 1.29 is 28.2 Å². The van der Waals surface area contributed by atoms with E-state index in [0.29, 0.717) is 60.0 Å². The number of hydrogen-bond acceptors (Lipinski definition) is 7. The second-order valence-electron chi connectivity index (χ2n) is 8.90. The van der Waals surface area contributed by atoms with Gasteiger partial charge < -0.3 is 25.0 Å². The third-order valence-corrected chi connectivity index (χ3v) is 6.74. The summed E-state index contributed by atoms with van der Waals surface area (Å²) < 4.78 is 26.0. The Morgan fingerprint density at radius 1 is 1.15 bits per heavy atom. The Morgan fingerprint density at radius 3 is 2.59 bits per heavy atom. The summed E-state index contributed by atoms with van der Waals surface area (Å²) in [5.41, 5.74) is 2.44. The maximum atomic E-state index is 14.0. The highest BCUT2D eigenvalue weighted by Crippen LogP contribution is 2.35. The highest BCUT2D eigenvalue weighted by Gasteiger charge is 2.29. The van der Waals surface area contributed by atoms with Gasteiger partial charge in [0.05, 0.1) is 30.0 Å². The molecule has 0 spiro atoms. The molecule has 12 heteroatoms. The summed E-state index contributed by atoms with van der Waals surface area (Å²) in [5, 5.41) is 5.63. The highest BCUT2D eigenvalue weighted by atomic mass is 35.5. The number of benzene rings is 1. The van der Waals surface area contributed by atoms with Crippen LogP contribution in [-0.2, 0) is 14.3 Å². The number of hydrogen-bond donors (Lipinski definition) is 3. The molecule has 0 saturated carbocycles. The van der Waals surface area contributed by atoms with E-state index in [2.05, 4.69) is 20.4 Å². The molecule has 1 aromatic heterocycles. The van der Waals surface area contributed by atoms with Crippen LogP contribution in [0.4, 0.5) is 14.9 Å². The molecule has 1 aromatic carbocycles. The van der Waals surface area contributed by atoms with E-state index in [-0.39, 0.29) is 24.7 Å². The van der Waals surface area contributed by atoms with Crippen molar-refractivity contribution >= 4 is 47.0 Å². The predicted molar refractivity (Wildman–Crippen MR) is 148 cm³/mol. The van der Waals surface area contributed by atoms with E-state index in [1.807, 2.05) is 13.8 Å². The van der Waals surface area contributed by atoms with E-state index in [0.717, 1.165) is 13.1 Å². The molecule has 0 fully saturated rings. The average Bonchev–Trinajstić information content (AvgIpc) is 3.35. The topological polar surface area (TPSA) is 114 Å². The molecule has 0 aliphatic carbocycles. The van der Waals surface area contributed by atoms with E-state index in [1.54, 1.807) is 13.8 Å². The molecule has 3 rings (SSSR count). The van der Waals surface area contributed by atoms with Crippen molar-refractivity contribution in [1.29, 1.82) is 0 Å². The monoisotopic (exact) mass is 563 g/mol. The minimum atomic E-state index is -0.735. The summed E-state index contributed by atoms with van der Waals surface area (Å²) in [7, 11) is 0. The molecular weight excluding hydrogens is 529 g/mol. The SMILES string of the molecule is CCN(CC)CCNC(=O)c1c(C)c(/C=C2\C(=O)Nc3ccc(F)cc32)n(C(=O)OCCOCCNCl)c1C. The normalized spacial score (nSPS) is 13.6. The first kappa shape index (κ1) is 30.3. The second kappa shape index (κ2) is 14.2. The van der Waals surface area contributed by atoms with Gasteiger partial charge in [0, 0.05) is 36.6 Å². The van der Waals surface area contributed by atoms with Crippen LogP contribution in [0, 0.1) is 19.7 Å². The zero-order chi connectivity index (χ0) is 28.5. The Hall–Kier alpha value is -3.25. The van der Waals surface area contributed by atoms with Gasteiger partial charge in [-0.1, -0.05) is 13.8 Å². The fourth-order valence-electron chi connectivity index (χ4n) is 4.46. The number of aromatic nitrogens is 1. The van der Waals surface area contributed by atoms with Crippen molar-refractivity contribution in [3.05, 3.63) is 52.1 Å². The minimum Gasteiger partial charge on any atom is -0.446 e. The van der Waals surface area contributed by atoms with Gasteiger partial charge in [0.1, 0.15) is 12.4 Å². The lowest BCUT2D eigenvalue weighted by Gasteiger charge is -2.18. The third-order valence-electron chi connectivity index (χ3n) is 6.55. The van der Waals surface area contributed by atoms with Crippen LogP contribution in [-0.4, -0.2) is 79.9 Å². The number of likely N-dealkylation sites (N-methyl/N-ethyl adjacent to an activating group) is 1. The molecule has 0 bridgehead atoms. The van der Waals surface area contributed by atoms with Gasteiger partial charge in [0.2, 0.25) is 0 Å². The molecule has 212 valence electrons. The number of carbonyl (C=O) groups excluding carboxylic acids is 3. The smallest absolute Gasteiger partial charge is 0.418 e. The Kier molecular flexibility index (Phi) is 11.0. The molecule has 0 atom stereocenters. The van der Waals surface area contributed by atoms with Crippen molar-refractivity contribution in [2.45, 2.75) is 27.7 Å². The summed E-state index contributed by atoms with van der Waals surface area (Å²) in [6.45, 7) is 11.1. The molecule has 1 aliphatic heterocycles. The molecule has 2 heterocycles. The Labute approximate surface area is 232 Å². The van der Waals surface area contributed by atoms with Crippen molar-refractivity contribution in [2.75, 3.05) is 57.9 Å². The summed E-state index contributed by atoms with van der Waals surface area (Å²) in [5.74, 6) is -1.29.